The third-order valence-electron chi connectivity index (χ3n) is 4.10. The smallest absolute Gasteiger partial charge is 0.116 e. The van der Waals surface area contributed by atoms with Gasteiger partial charge in [0.2, 0.25) is 0 Å². The minimum Gasteiger partial charge on any atom is -0.240 e. The Labute approximate surface area is 135 Å². The van der Waals surface area contributed by atoms with Gasteiger partial charge < -0.3 is 0 Å². The molecule has 0 aliphatic carbocycles. The van der Waals surface area contributed by atoms with Gasteiger partial charge in [0.1, 0.15) is 6.33 Å². The third-order valence-corrected chi connectivity index (χ3v) is 4.10. The van der Waals surface area contributed by atoms with Crippen molar-refractivity contribution in [3.05, 3.63) is 35.3 Å². The molecule has 0 bridgehead atoms. The Bertz CT molecular complexity index is 692. The van der Waals surface area contributed by atoms with Crippen molar-refractivity contribution >= 4 is 10.9 Å². The van der Waals surface area contributed by atoms with E-state index in [1.807, 2.05) is 0 Å². The van der Waals surface area contributed by atoms with Crippen LogP contribution in [0.5, 0.6) is 0 Å². The molecule has 0 saturated carbocycles. The average Bonchev–Trinajstić information content (AvgIpc) is 2.33. The zero-order valence-corrected chi connectivity index (χ0v) is 15.6. The SMILES string of the molecule is CC(C)(C)c1cc2ncnc(C(C)(C)C)c2cc1C(C)(C)C. The molecule has 1 aromatic heterocycles. The Balaban J connectivity index is 2.91. The maximum Gasteiger partial charge on any atom is 0.116 e. The van der Waals surface area contributed by atoms with Crippen molar-refractivity contribution < 1.29 is 0 Å². The highest BCUT2D eigenvalue weighted by molar-refractivity contribution is 5.84. The molecular weight excluding hydrogens is 268 g/mol. The van der Waals surface area contributed by atoms with Gasteiger partial charge in [0.15, 0.2) is 0 Å². The van der Waals surface area contributed by atoms with Gasteiger partial charge >= 0.3 is 0 Å². The fourth-order valence-electron chi connectivity index (χ4n) is 2.94. The third kappa shape index (κ3) is 3.16. The van der Waals surface area contributed by atoms with Gasteiger partial charge in [-0.15, -0.1) is 0 Å². The van der Waals surface area contributed by atoms with Crippen LogP contribution >= 0.6 is 0 Å². The second kappa shape index (κ2) is 5.04. The molecule has 22 heavy (non-hydrogen) atoms. The molecule has 0 N–H and O–H groups in total. The molecule has 0 aliphatic heterocycles. The zero-order valence-electron chi connectivity index (χ0n) is 15.6. The molecule has 0 amide bonds. The highest BCUT2D eigenvalue weighted by Crippen LogP contribution is 2.38. The second-order valence-corrected chi connectivity index (χ2v) is 9.39. The van der Waals surface area contributed by atoms with Gasteiger partial charge in [-0.25, -0.2) is 9.97 Å². The van der Waals surface area contributed by atoms with Crippen molar-refractivity contribution in [1.82, 2.24) is 9.97 Å². The van der Waals surface area contributed by atoms with Crippen molar-refractivity contribution in [1.29, 1.82) is 0 Å². The highest BCUT2D eigenvalue weighted by Gasteiger charge is 2.28. The van der Waals surface area contributed by atoms with Crippen molar-refractivity contribution in [3.63, 3.8) is 0 Å². The fraction of sp³-hybridized carbons (Fsp3) is 0.600. The lowest BCUT2D eigenvalue weighted by Crippen LogP contribution is -2.23. The number of aromatic nitrogens is 2. The first kappa shape index (κ1) is 16.9. The number of benzene rings is 1. The van der Waals surface area contributed by atoms with E-state index < -0.39 is 0 Å². The van der Waals surface area contributed by atoms with Crippen LogP contribution in [0.4, 0.5) is 0 Å². The topological polar surface area (TPSA) is 25.8 Å². The molecule has 0 atom stereocenters. The van der Waals surface area contributed by atoms with E-state index in [2.05, 4.69) is 84.4 Å². The molecule has 2 rings (SSSR count). The van der Waals surface area contributed by atoms with Crippen molar-refractivity contribution in [3.8, 4) is 0 Å². The lowest BCUT2D eigenvalue weighted by molar-refractivity contribution is 0.530. The maximum atomic E-state index is 4.58. The summed E-state index contributed by atoms with van der Waals surface area (Å²) in [7, 11) is 0. The van der Waals surface area contributed by atoms with E-state index in [4.69, 9.17) is 0 Å². The summed E-state index contributed by atoms with van der Waals surface area (Å²) in [6.45, 7) is 20.3. The number of hydrogen-bond acceptors (Lipinski definition) is 2. The van der Waals surface area contributed by atoms with E-state index in [0.29, 0.717) is 0 Å². The standard InChI is InChI=1S/C20H30N2/c1-18(2,3)14-10-13-16(11-15(14)19(4,5)6)21-12-22-17(13)20(7,8)9/h10-12H,1-9H3. The molecule has 0 radical (unpaired) electrons. The van der Waals surface area contributed by atoms with Crippen LogP contribution in [0, 0.1) is 0 Å². The monoisotopic (exact) mass is 298 g/mol. The molecule has 0 saturated heterocycles. The Morgan fingerprint density at radius 3 is 1.59 bits per heavy atom. The van der Waals surface area contributed by atoms with Crippen molar-refractivity contribution in [2.45, 2.75) is 78.6 Å². The van der Waals surface area contributed by atoms with Crippen LogP contribution in [0.3, 0.4) is 0 Å². The van der Waals surface area contributed by atoms with Gasteiger partial charge in [-0.05, 0) is 34.1 Å². The normalized spacial score (nSPS) is 13.7. The van der Waals surface area contributed by atoms with Gasteiger partial charge in [-0.3, -0.25) is 0 Å². The second-order valence-electron chi connectivity index (χ2n) is 9.39. The molecule has 0 aliphatic rings. The average molecular weight is 298 g/mol. The molecule has 2 nitrogen and oxygen atoms in total. The van der Waals surface area contributed by atoms with E-state index in [1.54, 1.807) is 6.33 Å². The lowest BCUT2D eigenvalue weighted by Gasteiger charge is -2.31. The summed E-state index contributed by atoms with van der Waals surface area (Å²) < 4.78 is 0. The first-order valence-electron chi connectivity index (χ1n) is 8.12. The molecule has 2 aromatic rings. The summed E-state index contributed by atoms with van der Waals surface area (Å²) in [4.78, 5) is 9.12. The van der Waals surface area contributed by atoms with Gasteiger partial charge in [-0.1, -0.05) is 62.3 Å². The molecular formula is C20H30N2. The van der Waals surface area contributed by atoms with Crippen LogP contribution in [0.15, 0.2) is 18.5 Å². The van der Waals surface area contributed by atoms with Crippen molar-refractivity contribution in [2.24, 2.45) is 0 Å². The van der Waals surface area contributed by atoms with Crippen LogP contribution in [0.1, 0.15) is 79.1 Å². The highest BCUT2D eigenvalue weighted by atomic mass is 14.8. The van der Waals surface area contributed by atoms with Crippen molar-refractivity contribution in [2.75, 3.05) is 0 Å². The number of hydrogen-bond donors (Lipinski definition) is 0. The summed E-state index contributed by atoms with van der Waals surface area (Å²) >= 11 is 0. The molecule has 2 heteroatoms. The van der Waals surface area contributed by atoms with Crippen LogP contribution in [0.2, 0.25) is 0 Å². The molecule has 120 valence electrons. The largest absolute Gasteiger partial charge is 0.240 e. The predicted molar refractivity (Wildman–Crippen MR) is 95.6 cm³/mol. The fourth-order valence-corrected chi connectivity index (χ4v) is 2.94. The summed E-state index contributed by atoms with van der Waals surface area (Å²) in [5.74, 6) is 0. The van der Waals surface area contributed by atoms with E-state index in [0.717, 1.165) is 11.2 Å². The Morgan fingerprint density at radius 2 is 1.14 bits per heavy atom. The molecule has 1 heterocycles. The van der Waals surface area contributed by atoms with E-state index >= 15 is 0 Å². The quantitative estimate of drug-likeness (QED) is 0.639. The summed E-state index contributed by atoms with van der Waals surface area (Å²) in [6.07, 6.45) is 1.70. The minimum atomic E-state index is 0.0135. The molecule has 0 spiro atoms. The first-order valence-corrected chi connectivity index (χ1v) is 8.12. The first-order chi connectivity index (χ1) is 9.82. The number of fused-ring (bicyclic) bond motifs is 1. The van der Waals surface area contributed by atoms with E-state index in [9.17, 15) is 0 Å². The molecule has 0 unspecified atom stereocenters. The summed E-state index contributed by atoms with van der Waals surface area (Å²) in [6, 6.07) is 4.60. The maximum absolute atomic E-state index is 4.58. The van der Waals surface area contributed by atoms with E-state index in [-0.39, 0.29) is 16.2 Å². The van der Waals surface area contributed by atoms with Crippen LogP contribution in [-0.4, -0.2) is 9.97 Å². The van der Waals surface area contributed by atoms with Crippen LogP contribution in [0.25, 0.3) is 10.9 Å². The molecule has 1 aromatic carbocycles. The predicted octanol–water partition coefficient (Wildman–Crippen LogP) is 5.52. The Kier molecular flexibility index (Phi) is 3.88. The number of rotatable bonds is 0. The van der Waals surface area contributed by atoms with E-state index in [1.165, 1.54) is 16.5 Å². The van der Waals surface area contributed by atoms with Crippen LogP contribution < -0.4 is 0 Å². The number of nitrogens with zero attached hydrogens (tertiary/aromatic N) is 2. The Hall–Kier alpha value is -1.44. The van der Waals surface area contributed by atoms with Gasteiger partial charge in [-0.2, -0.15) is 0 Å². The van der Waals surface area contributed by atoms with Gasteiger partial charge in [0.25, 0.3) is 0 Å². The lowest BCUT2D eigenvalue weighted by atomic mass is 9.74. The summed E-state index contributed by atoms with van der Waals surface area (Å²) in [5, 5.41) is 1.19. The van der Waals surface area contributed by atoms with Gasteiger partial charge in [0.05, 0.1) is 11.2 Å². The Morgan fingerprint density at radius 1 is 0.636 bits per heavy atom. The van der Waals surface area contributed by atoms with Gasteiger partial charge in [0, 0.05) is 10.8 Å². The minimum absolute atomic E-state index is 0.0135. The van der Waals surface area contributed by atoms with Crippen LogP contribution in [-0.2, 0) is 16.2 Å². The molecule has 0 fully saturated rings. The zero-order chi connectivity index (χ0) is 16.9. The summed E-state index contributed by atoms with van der Waals surface area (Å²) in [5.41, 5.74) is 5.17.